The van der Waals surface area contributed by atoms with Crippen molar-refractivity contribution in [3.63, 3.8) is 0 Å². The van der Waals surface area contributed by atoms with Gasteiger partial charge in [0.15, 0.2) is 0 Å². The number of hydrogen-bond acceptors (Lipinski definition) is 5. The average Bonchev–Trinajstić information content (AvgIpc) is 3.29. The molecule has 3 N–H and O–H groups in total. The average molecular weight is 905 g/mol. The highest BCUT2D eigenvalue weighted by molar-refractivity contribution is 5.76. The van der Waals surface area contributed by atoms with Crippen molar-refractivity contribution >= 4 is 11.9 Å². The Hall–Kier alpha value is -1.40. The number of hydrogen-bond donors (Lipinski definition) is 3. The fraction of sp³-hybridized carbons (Fsp3) is 0.931. The fourth-order valence-electron chi connectivity index (χ4n) is 9.11. The molecule has 0 aromatic heterocycles. The Kier molecular flexibility index (Phi) is 53.0. The van der Waals surface area contributed by atoms with E-state index in [0.717, 1.165) is 44.9 Å². The summed E-state index contributed by atoms with van der Waals surface area (Å²) in [5.41, 5.74) is 0. The van der Waals surface area contributed by atoms with Crippen LogP contribution in [0.25, 0.3) is 0 Å². The largest absolute Gasteiger partial charge is 0.466 e. The smallest absolute Gasteiger partial charge is 0.305 e. The number of unbranched alkanes of at least 4 members (excludes halogenated alkanes) is 41. The molecular formula is C58H113NO5. The van der Waals surface area contributed by atoms with E-state index in [4.69, 9.17) is 4.74 Å². The lowest BCUT2D eigenvalue weighted by atomic mass is 10.0. The molecule has 6 nitrogen and oxygen atoms in total. The first kappa shape index (κ1) is 62.6. The quantitative estimate of drug-likeness (QED) is 0.0321. The number of carbonyl (C=O) groups excluding carboxylic acids is 2. The molecule has 380 valence electrons. The summed E-state index contributed by atoms with van der Waals surface area (Å²) < 4.78 is 5.46. The second kappa shape index (κ2) is 54.2. The first-order valence-electron chi connectivity index (χ1n) is 28.9. The molecule has 2 atom stereocenters. The molecule has 0 aliphatic heterocycles. The summed E-state index contributed by atoms with van der Waals surface area (Å²) in [6, 6.07) is -0.539. The molecule has 0 heterocycles. The van der Waals surface area contributed by atoms with Gasteiger partial charge in [0.2, 0.25) is 5.91 Å². The van der Waals surface area contributed by atoms with Crippen molar-refractivity contribution < 1.29 is 24.5 Å². The van der Waals surface area contributed by atoms with Gasteiger partial charge in [-0.25, -0.2) is 0 Å². The van der Waals surface area contributed by atoms with Crippen LogP contribution in [0.5, 0.6) is 0 Å². The molecule has 0 saturated carbocycles. The number of carbonyl (C=O) groups is 2. The maximum atomic E-state index is 12.4. The van der Waals surface area contributed by atoms with E-state index >= 15 is 0 Å². The van der Waals surface area contributed by atoms with E-state index in [9.17, 15) is 19.8 Å². The van der Waals surface area contributed by atoms with Gasteiger partial charge in [-0.3, -0.25) is 9.59 Å². The number of amides is 1. The topological polar surface area (TPSA) is 95.9 Å². The van der Waals surface area contributed by atoms with Gasteiger partial charge >= 0.3 is 5.97 Å². The first-order chi connectivity index (χ1) is 31.5. The van der Waals surface area contributed by atoms with E-state index < -0.39 is 12.1 Å². The minimum Gasteiger partial charge on any atom is -0.466 e. The molecule has 1 amide bonds. The lowest BCUT2D eigenvalue weighted by molar-refractivity contribution is -0.143. The van der Waals surface area contributed by atoms with Gasteiger partial charge < -0.3 is 20.3 Å². The van der Waals surface area contributed by atoms with Crippen molar-refractivity contribution in [2.24, 2.45) is 0 Å². The van der Waals surface area contributed by atoms with Crippen LogP contribution in [-0.4, -0.2) is 47.4 Å². The van der Waals surface area contributed by atoms with Crippen LogP contribution in [0, 0.1) is 0 Å². The monoisotopic (exact) mass is 904 g/mol. The first-order valence-corrected chi connectivity index (χ1v) is 28.9. The van der Waals surface area contributed by atoms with Crippen LogP contribution in [0.4, 0.5) is 0 Å². The molecule has 0 aromatic carbocycles. The Bertz CT molecular complexity index is 955. The summed E-state index contributed by atoms with van der Waals surface area (Å²) in [6.45, 7) is 4.93. The molecule has 0 radical (unpaired) electrons. The zero-order valence-electron chi connectivity index (χ0n) is 43.3. The van der Waals surface area contributed by atoms with Crippen molar-refractivity contribution in [2.75, 3.05) is 13.2 Å². The van der Waals surface area contributed by atoms with Crippen LogP contribution in [0.3, 0.4) is 0 Å². The highest BCUT2D eigenvalue weighted by Gasteiger charge is 2.20. The molecule has 2 unspecified atom stereocenters. The van der Waals surface area contributed by atoms with Crippen molar-refractivity contribution in [1.82, 2.24) is 5.32 Å². The number of aliphatic hydroxyl groups is 2. The Labute approximate surface area is 399 Å². The molecule has 0 aliphatic rings. The third-order valence-corrected chi connectivity index (χ3v) is 13.6. The van der Waals surface area contributed by atoms with Gasteiger partial charge in [-0.1, -0.05) is 270 Å². The fourth-order valence-corrected chi connectivity index (χ4v) is 9.11. The van der Waals surface area contributed by atoms with Gasteiger partial charge in [-0.2, -0.15) is 0 Å². The number of aliphatic hydroxyl groups excluding tert-OH is 2. The lowest BCUT2D eigenvalue weighted by Crippen LogP contribution is -2.45. The van der Waals surface area contributed by atoms with Gasteiger partial charge in [-0.05, 0) is 51.4 Å². The summed E-state index contributed by atoms with van der Waals surface area (Å²) in [5, 5.41) is 23.2. The maximum Gasteiger partial charge on any atom is 0.305 e. The molecule has 64 heavy (non-hydrogen) atoms. The van der Waals surface area contributed by atoms with E-state index in [1.54, 1.807) is 0 Å². The van der Waals surface area contributed by atoms with E-state index in [2.05, 4.69) is 31.3 Å². The molecule has 0 saturated heterocycles. The summed E-state index contributed by atoms with van der Waals surface area (Å²) in [7, 11) is 0. The van der Waals surface area contributed by atoms with Crippen LogP contribution in [0.2, 0.25) is 0 Å². The molecular weight excluding hydrogens is 791 g/mol. The highest BCUT2D eigenvalue weighted by atomic mass is 16.5. The maximum absolute atomic E-state index is 12.4. The van der Waals surface area contributed by atoms with Gasteiger partial charge in [-0.15, -0.1) is 0 Å². The van der Waals surface area contributed by atoms with Crippen LogP contribution < -0.4 is 5.32 Å². The van der Waals surface area contributed by atoms with Crippen LogP contribution >= 0.6 is 0 Å². The predicted octanol–water partition coefficient (Wildman–Crippen LogP) is 17.7. The predicted molar refractivity (Wildman–Crippen MR) is 278 cm³/mol. The van der Waals surface area contributed by atoms with Gasteiger partial charge in [0, 0.05) is 12.8 Å². The third-order valence-electron chi connectivity index (χ3n) is 13.6. The molecule has 0 aliphatic carbocycles. The standard InChI is InChI=1S/C58H113NO5/c1-3-5-7-9-11-13-15-30-34-38-42-46-50-56(61)55(54-60)59-57(62)51-47-43-39-35-31-28-26-24-22-20-18-17-19-21-23-25-27-29-33-37-41-45-49-53-64-58(63)52-48-44-40-36-32-16-14-12-10-8-6-4-2/h12,14,55-56,60-61H,3-11,13,15-54H2,1-2H3,(H,59,62)/b14-12-. The minimum absolute atomic E-state index is 0.00458. The number of ether oxygens (including phenoxy) is 1. The van der Waals surface area contributed by atoms with Crippen LogP contribution in [0.15, 0.2) is 12.2 Å². The summed E-state index contributed by atoms with van der Waals surface area (Å²) in [5.74, 6) is -0.0292. The van der Waals surface area contributed by atoms with E-state index in [1.807, 2.05) is 0 Å². The Balaban J connectivity index is 3.36. The molecule has 0 spiro atoms. The molecule has 0 rings (SSSR count). The second-order valence-electron chi connectivity index (χ2n) is 20.0. The molecule has 0 aromatic rings. The van der Waals surface area contributed by atoms with Crippen molar-refractivity contribution in [3.05, 3.63) is 12.2 Å². The van der Waals surface area contributed by atoms with Crippen molar-refractivity contribution in [3.8, 4) is 0 Å². The zero-order valence-corrected chi connectivity index (χ0v) is 43.3. The Morgan fingerprint density at radius 2 is 0.734 bits per heavy atom. The van der Waals surface area contributed by atoms with E-state index in [1.165, 1.54) is 244 Å². The minimum atomic E-state index is -0.662. The molecule has 0 bridgehead atoms. The molecule has 6 heteroatoms. The summed E-state index contributed by atoms with van der Waals surface area (Å²) >= 11 is 0. The van der Waals surface area contributed by atoms with Gasteiger partial charge in [0.25, 0.3) is 0 Å². The SMILES string of the molecule is CCCCC/C=C\CCCCCCCC(=O)OCCCCCCCCCCCCCCCCCCCCCCCCCC(=O)NC(CO)C(O)CCCCCCCCCCCCCC. The summed E-state index contributed by atoms with van der Waals surface area (Å²) in [6.07, 6.45) is 63.5. The lowest BCUT2D eigenvalue weighted by Gasteiger charge is -2.22. The number of allylic oxidation sites excluding steroid dienone is 2. The van der Waals surface area contributed by atoms with Gasteiger partial charge in [0.05, 0.1) is 25.4 Å². The van der Waals surface area contributed by atoms with Crippen LogP contribution in [0.1, 0.15) is 322 Å². The number of nitrogens with one attached hydrogen (secondary N) is 1. The van der Waals surface area contributed by atoms with Crippen molar-refractivity contribution in [1.29, 1.82) is 0 Å². The van der Waals surface area contributed by atoms with E-state index in [0.29, 0.717) is 25.9 Å². The van der Waals surface area contributed by atoms with E-state index in [-0.39, 0.29) is 18.5 Å². The number of rotatable bonds is 54. The molecule has 0 fully saturated rings. The Morgan fingerprint density at radius 1 is 0.422 bits per heavy atom. The number of esters is 1. The van der Waals surface area contributed by atoms with Crippen LogP contribution in [-0.2, 0) is 14.3 Å². The third kappa shape index (κ3) is 50.0. The Morgan fingerprint density at radius 3 is 1.14 bits per heavy atom. The zero-order chi connectivity index (χ0) is 46.5. The normalized spacial score (nSPS) is 12.6. The summed E-state index contributed by atoms with van der Waals surface area (Å²) in [4.78, 5) is 24.4. The van der Waals surface area contributed by atoms with Gasteiger partial charge in [0.1, 0.15) is 0 Å². The second-order valence-corrected chi connectivity index (χ2v) is 20.0. The highest BCUT2D eigenvalue weighted by Crippen LogP contribution is 2.18. The van der Waals surface area contributed by atoms with Crippen molar-refractivity contribution in [2.45, 2.75) is 334 Å².